The summed E-state index contributed by atoms with van der Waals surface area (Å²) in [6, 6.07) is 23.4. The Labute approximate surface area is 129 Å². The first-order chi connectivity index (χ1) is 10.8. The number of carbonyl (C=O) groups excluding carboxylic acids is 1. The van der Waals surface area contributed by atoms with Gasteiger partial charge in [-0.25, -0.2) is 4.79 Å². The van der Waals surface area contributed by atoms with Gasteiger partial charge in [0.1, 0.15) is 6.61 Å². The molecule has 2 heteroatoms. The highest BCUT2D eigenvalue weighted by atomic mass is 16.5. The van der Waals surface area contributed by atoms with Crippen LogP contribution in [-0.4, -0.2) is 5.97 Å². The molecule has 0 aliphatic heterocycles. The van der Waals surface area contributed by atoms with Gasteiger partial charge < -0.3 is 4.74 Å². The van der Waals surface area contributed by atoms with Crippen LogP contribution in [0.1, 0.15) is 11.1 Å². The second kappa shape index (κ2) is 6.60. The van der Waals surface area contributed by atoms with E-state index in [9.17, 15) is 4.79 Å². The van der Waals surface area contributed by atoms with Gasteiger partial charge in [0.15, 0.2) is 0 Å². The number of hydrogen-bond acceptors (Lipinski definition) is 2. The smallest absolute Gasteiger partial charge is 0.385 e. The van der Waals surface area contributed by atoms with Crippen LogP contribution in [0.25, 0.3) is 10.8 Å². The van der Waals surface area contributed by atoms with Crippen molar-refractivity contribution >= 4 is 16.7 Å². The van der Waals surface area contributed by atoms with Crippen molar-refractivity contribution in [1.29, 1.82) is 0 Å². The van der Waals surface area contributed by atoms with Gasteiger partial charge in [0.05, 0.1) is 0 Å². The summed E-state index contributed by atoms with van der Waals surface area (Å²) in [5.74, 6) is 4.78. The van der Waals surface area contributed by atoms with Crippen LogP contribution in [0.15, 0.2) is 72.8 Å². The van der Waals surface area contributed by atoms with Crippen molar-refractivity contribution in [3.05, 3.63) is 83.9 Å². The van der Waals surface area contributed by atoms with Crippen molar-refractivity contribution in [1.82, 2.24) is 0 Å². The van der Waals surface area contributed by atoms with Crippen LogP contribution >= 0.6 is 0 Å². The maximum atomic E-state index is 11.7. The first kappa shape index (κ1) is 13.9. The summed E-state index contributed by atoms with van der Waals surface area (Å²) in [6.45, 7) is 0.226. The van der Waals surface area contributed by atoms with Gasteiger partial charge in [-0.2, -0.15) is 0 Å². The highest BCUT2D eigenvalue weighted by Gasteiger charge is 2.03. The van der Waals surface area contributed by atoms with E-state index in [1.807, 2.05) is 72.8 Å². The highest BCUT2D eigenvalue weighted by Crippen LogP contribution is 2.19. The van der Waals surface area contributed by atoms with Gasteiger partial charge in [0, 0.05) is 11.5 Å². The number of carbonyl (C=O) groups is 1. The van der Waals surface area contributed by atoms with Crippen molar-refractivity contribution in [2.75, 3.05) is 0 Å². The van der Waals surface area contributed by atoms with Crippen LogP contribution in [0.4, 0.5) is 0 Å². The molecule has 0 aromatic heterocycles. The van der Waals surface area contributed by atoms with Crippen LogP contribution in [0, 0.1) is 11.8 Å². The highest BCUT2D eigenvalue weighted by molar-refractivity contribution is 5.90. The molecule has 0 N–H and O–H groups in total. The molecule has 0 aliphatic carbocycles. The molecule has 0 saturated heterocycles. The second-order valence-corrected chi connectivity index (χ2v) is 4.83. The van der Waals surface area contributed by atoms with E-state index in [1.54, 1.807) is 0 Å². The maximum absolute atomic E-state index is 11.7. The molecule has 0 radical (unpaired) electrons. The fourth-order valence-electron chi connectivity index (χ4n) is 2.24. The molecule has 0 bridgehead atoms. The summed E-state index contributed by atoms with van der Waals surface area (Å²) in [5.41, 5.74) is 1.78. The van der Waals surface area contributed by atoms with Crippen LogP contribution in [0.3, 0.4) is 0 Å². The van der Waals surface area contributed by atoms with Crippen molar-refractivity contribution in [2.45, 2.75) is 6.61 Å². The second-order valence-electron chi connectivity index (χ2n) is 4.83. The molecule has 0 aliphatic rings. The van der Waals surface area contributed by atoms with Crippen LogP contribution in [-0.2, 0) is 16.1 Å². The van der Waals surface area contributed by atoms with Gasteiger partial charge >= 0.3 is 5.97 Å². The fraction of sp³-hybridized carbons (Fsp3) is 0.0500. The minimum absolute atomic E-state index is 0.226. The van der Waals surface area contributed by atoms with Gasteiger partial charge in [-0.15, -0.1) is 0 Å². The summed E-state index contributed by atoms with van der Waals surface area (Å²) < 4.78 is 5.25. The zero-order chi connectivity index (χ0) is 15.2. The van der Waals surface area contributed by atoms with Crippen LogP contribution in [0.2, 0.25) is 0 Å². The lowest BCUT2D eigenvalue weighted by Gasteiger charge is -2.05. The van der Waals surface area contributed by atoms with E-state index < -0.39 is 5.97 Å². The Morgan fingerprint density at radius 2 is 1.59 bits per heavy atom. The maximum Gasteiger partial charge on any atom is 0.385 e. The Kier molecular flexibility index (Phi) is 4.17. The largest absolute Gasteiger partial charge is 0.451 e. The van der Waals surface area contributed by atoms with E-state index in [2.05, 4.69) is 11.8 Å². The monoisotopic (exact) mass is 286 g/mol. The first-order valence-corrected chi connectivity index (χ1v) is 7.03. The van der Waals surface area contributed by atoms with Crippen molar-refractivity contribution < 1.29 is 9.53 Å². The molecule has 0 atom stereocenters. The quantitative estimate of drug-likeness (QED) is 0.527. The summed E-state index contributed by atoms with van der Waals surface area (Å²) in [5, 5.41) is 2.22. The molecule has 22 heavy (non-hydrogen) atoms. The zero-order valence-electron chi connectivity index (χ0n) is 12.0. The predicted molar refractivity (Wildman–Crippen MR) is 87.1 cm³/mol. The summed E-state index contributed by atoms with van der Waals surface area (Å²) >= 11 is 0. The number of hydrogen-bond donors (Lipinski definition) is 0. The minimum atomic E-state index is -0.517. The lowest BCUT2D eigenvalue weighted by Crippen LogP contribution is -2.01. The Morgan fingerprint density at radius 1 is 0.864 bits per heavy atom. The lowest BCUT2D eigenvalue weighted by molar-refractivity contribution is -0.137. The molecule has 3 rings (SSSR count). The van der Waals surface area contributed by atoms with E-state index in [-0.39, 0.29) is 6.61 Å². The average Bonchev–Trinajstić information content (AvgIpc) is 2.59. The van der Waals surface area contributed by atoms with Crippen LogP contribution < -0.4 is 0 Å². The molecule has 0 saturated carbocycles. The summed E-state index contributed by atoms with van der Waals surface area (Å²) in [6.07, 6.45) is 0. The normalized spacial score (nSPS) is 9.82. The summed E-state index contributed by atoms with van der Waals surface area (Å²) in [4.78, 5) is 11.7. The van der Waals surface area contributed by atoms with Crippen molar-refractivity contribution in [2.24, 2.45) is 0 Å². The molecule has 3 aromatic rings. The Morgan fingerprint density at radius 3 is 2.45 bits per heavy atom. The van der Waals surface area contributed by atoms with E-state index >= 15 is 0 Å². The topological polar surface area (TPSA) is 26.3 Å². The number of fused-ring (bicyclic) bond motifs is 1. The number of esters is 1. The molecule has 0 fully saturated rings. The Hall–Kier alpha value is -3.05. The number of ether oxygens (including phenoxy) is 1. The van der Waals surface area contributed by atoms with Gasteiger partial charge in [0.2, 0.25) is 0 Å². The van der Waals surface area contributed by atoms with Crippen molar-refractivity contribution in [3.63, 3.8) is 0 Å². The zero-order valence-corrected chi connectivity index (χ0v) is 12.0. The molecule has 0 spiro atoms. The van der Waals surface area contributed by atoms with Gasteiger partial charge in [0.25, 0.3) is 0 Å². The Balaban J connectivity index is 1.70. The molecule has 0 amide bonds. The molecular weight excluding hydrogens is 272 g/mol. The number of rotatable bonds is 2. The average molecular weight is 286 g/mol. The van der Waals surface area contributed by atoms with Gasteiger partial charge in [-0.05, 0) is 28.5 Å². The molecule has 0 unspecified atom stereocenters. The van der Waals surface area contributed by atoms with Crippen LogP contribution in [0.5, 0.6) is 0 Å². The SMILES string of the molecule is O=C(C#Cc1ccccc1)OCc1cccc2ccccc12. The predicted octanol–water partition coefficient (Wildman–Crippen LogP) is 3.93. The standard InChI is InChI=1S/C20H14O2/c21-20(14-13-16-7-2-1-3-8-16)22-15-18-11-6-10-17-9-4-5-12-19(17)18/h1-12H,15H2. The molecular formula is C20H14O2. The van der Waals surface area contributed by atoms with E-state index in [4.69, 9.17) is 4.74 Å². The molecule has 0 heterocycles. The third-order valence-corrected chi connectivity index (χ3v) is 3.32. The van der Waals surface area contributed by atoms with E-state index in [0.29, 0.717) is 0 Å². The van der Waals surface area contributed by atoms with E-state index in [1.165, 1.54) is 0 Å². The van der Waals surface area contributed by atoms with Crippen molar-refractivity contribution in [3.8, 4) is 11.8 Å². The third-order valence-electron chi connectivity index (χ3n) is 3.32. The first-order valence-electron chi connectivity index (χ1n) is 7.03. The fourth-order valence-corrected chi connectivity index (χ4v) is 2.24. The third kappa shape index (κ3) is 3.34. The minimum Gasteiger partial charge on any atom is -0.451 e. The molecule has 2 nitrogen and oxygen atoms in total. The van der Waals surface area contributed by atoms with Gasteiger partial charge in [-0.3, -0.25) is 0 Å². The van der Waals surface area contributed by atoms with E-state index in [0.717, 1.165) is 21.9 Å². The van der Waals surface area contributed by atoms with Gasteiger partial charge in [-0.1, -0.05) is 66.6 Å². The molecule has 3 aromatic carbocycles. The molecule has 106 valence electrons. The summed E-state index contributed by atoms with van der Waals surface area (Å²) in [7, 11) is 0. The lowest BCUT2D eigenvalue weighted by atomic mass is 10.1. The number of benzene rings is 3. The Bertz CT molecular complexity index is 850.